The van der Waals surface area contributed by atoms with Crippen LogP contribution in [0.15, 0.2) is 60.8 Å². The second-order valence-electron chi connectivity index (χ2n) is 8.65. The lowest BCUT2D eigenvalue weighted by atomic mass is 9.84. The minimum atomic E-state index is -5.20. The van der Waals surface area contributed by atoms with E-state index in [1.54, 1.807) is 19.9 Å². The molecule has 0 bridgehead atoms. The molecule has 4 rings (SSSR count). The zero-order chi connectivity index (χ0) is 28.1. The molecule has 0 saturated heterocycles. The molecule has 4 heterocycles. The zero-order valence-corrected chi connectivity index (χ0v) is 19.4. The average molecular weight is 545 g/mol. The third-order valence-electron chi connectivity index (χ3n) is 5.61. The maximum Gasteiger partial charge on any atom is 0.435 e. The van der Waals surface area contributed by atoms with Crippen molar-refractivity contribution < 1.29 is 39.5 Å². The van der Waals surface area contributed by atoms with Crippen LogP contribution in [0.25, 0.3) is 17.1 Å². The summed E-state index contributed by atoms with van der Waals surface area (Å²) in [6.07, 6.45) is -13.9. The van der Waals surface area contributed by atoms with E-state index in [0.29, 0.717) is 17.8 Å². The van der Waals surface area contributed by atoms with Crippen molar-refractivity contribution >= 4 is 0 Å². The van der Waals surface area contributed by atoms with Gasteiger partial charge in [0.15, 0.2) is 17.2 Å². The molecule has 0 aliphatic carbocycles. The summed E-state index contributed by atoms with van der Waals surface area (Å²) >= 11 is 0. The van der Waals surface area contributed by atoms with Gasteiger partial charge >= 0.3 is 18.5 Å². The molecule has 0 atom stereocenters. The van der Waals surface area contributed by atoms with Gasteiger partial charge in [0.1, 0.15) is 5.69 Å². The standard InChI is InChI=1S/C24H16F9N5/c1-21(2,16-7-4-8-19(35-16)38-12-11-18(37-38)23(28,29)30)15-6-3-5-14(34-15)13-9-10-17(22(25,26)27)36-20(13)24(31,32)33/h3-12H,1-2H3. The summed E-state index contributed by atoms with van der Waals surface area (Å²) in [5.74, 6) is 0.0496. The van der Waals surface area contributed by atoms with Crippen LogP contribution in [-0.4, -0.2) is 24.7 Å². The van der Waals surface area contributed by atoms with Crippen LogP contribution >= 0.6 is 0 Å². The highest BCUT2D eigenvalue weighted by molar-refractivity contribution is 5.63. The van der Waals surface area contributed by atoms with Gasteiger partial charge in [-0.3, -0.25) is 4.98 Å². The molecule has 0 radical (unpaired) electrons. The Balaban J connectivity index is 1.76. The Kier molecular flexibility index (Phi) is 6.48. The van der Waals surface area contributed by atoms with Crippen molar-refractivity contribution in [3.63, 3.8) is 0 Å². The van der Waals surface area contributed by atoms with Crippen LogP contribution in [0, 0.1) is 0 Å². The summed E-state index contributed by atoms with van der Waals surface area (Å²) in [5.41, 5.74) is -6.09. The first kappa shape index (κ1) is 27.1. The summed E-state index contributed by atoms with van der Waals surface area (Å²) < 4.78 is 120. The first-order valence-electron chi connectivity index (χ1n) is 10.7. The monoisotopic (exact) mass is 545 g/mol. The lowest BCUT2D eigenvalue weighted by Crippen LogP contribution is -2.23. The van der Waals surface area contributed by atoms with E-state index in [0.717, 1.165) is 16.9 Å². The predicted molar refractivity (Wildman–Crippen MR) is 116 cm³/mol. The van der Waals surface area contributed by atoms with E-state index in [-0.39, 0.29) is 17.2 Å². The van der Waals surface area contributed by atoms with Crippen molar-refractivity contribution in [2.75, 3.05) is 0 Å². The van der Waals surface area contributed by atoms with E-state index in [1.807, 2.05) is 0 Å². The first-order valence-corrected chi connectivity index (χ1v) is 10.7. The average Bonchev–Trinajstić information content (AvgIpc) is 3.34. The molecule has 4 aromatic rings. The lowest BCUT2D eigenvalue weighted by Gasteiger charge is -2.25. The highest BCUT2D eigenvalue weighted by Gasteiger charge is 2.41. The van der Waals surface area contributed by atoms with E-state index in [1.165, 1.54) is 30.3 Å². The van der Waals surface area contributed by atoms with Crippen molar-refractivity contribution in [3.8, 4) is 17.1 Å². The van der Waals surface area contributed by atoms with Crippen LogP contribution in [0.3, 0.4) is 0 Å². The smallest absolute Gasteiger partial charge is 0.252 e. The summed E-state index contributed by atoms with van der Waals surface area (Å²) in [4.78, 5) is 11.4. The van der Waals surface area contributed by atoms with Crippen molar-refractivity contribution in [3.05, 3.63) is 89.3 Å². The second-order valence-corrected chi connectivity index (χ2v) is 8.65. The Hall–Kier alpha value is -3.97. The minimum Gasteiger partial charge on any atom is -0.252 e. The van der Waals surface area contributed by atoms with Crippen molar-refractivity contribution in [1.82, 2.24) is 24.7 Å². The molecule has 14 heteroatoms. The molecule has 0 aliphatic rings. The molecule has 0 aromatic carbocycles. The Morgan fingerprint density at radius 3 is 1.76 bits per heavy atom. The molecular formula is C24H16F9N5. The Bertz CT molecular complexity index is 1470. The fourth-order valence-corrected chi connectivity index (χ4v) is 3.61. The van der Waals surface area contributed by atoms with E-state index in [9.17, 15) is 39.5 Å². The normalized spacial score (nSPS) is 13.1. The van der Waals surface area contributed by atoms with Crippen LogP contribution in [-0.2, 0) is 23.9 Å². The van der Waals surface area contributed by atoms with Gasteiger partial charge in [0.05, 0.1) is 17.1 Å². The minimum absolute atomic E-state index is 0.0496. The molecule has 5 nitrogen and oxygen atoms in total. The fourth-order valence-electron chi connectivity index (χ4n) is 3.61. The highest BCUT2D eigenvalue weighted by Crippen LogP contribution is 2.39. The molecule has 0 spiro atoms. The molecule has 38 heavy (non-hydrogen) atoms. The summed E-state index contributed by atoms with van der Waals surface area (Å²) in [6.45, 7) is 3.26. The van der Waals surface area contributed by atoms with Crippen LogP contribution in [0.4, 0.5) is 39.5 Å². The number of halogens is 9. The number of pyridine rings is 3. The van der Waals surface area contributed by atoms with Crippen molar-refractivity contribution in [1.29, 1.82) is 0 Å². The lowest BCUT2D eigenvalue weighted by molar-refractivity contribution is -0.149. The highest BCUT2D eigenvalue weighted by atomic mass is 19.4. The van der Waals surface area contributed by atoms with Gasteiger partial charge < -0.3 is 0 Å². The fraction of sp³-hybridized carbons (Fsp3) is 0.250. The zero-order valence-electron chi connectivity index (χ0n) is 19.4. The van der Waals surface area contributed by atoms with Crippen molar-refractivity contribution in [2.45, 2.75) is 37.8 Å². The number of aromatic nitrogens is 5. The Labute approximate surface area is 209 Å². The summed E-state index contributed by atoms with van der Waals surface area (Å²) in [7, 11) is 0. The first-order chi connectivity index (χ1) is 17.5. The second kappa shape index (κ2) is 9.10. The summed E-state index contributed by atoms with van der Waals surface area (Å²) in [6, 6.07) is 10.4. The molecule has 0 aliphatic heterocycles. The van der Waals surface area contributed by atoms with E-state index < -0.39 is 46.6 Å². The Morgan fingerprint density at radius 1 is 0.579 bits per heavy atom. The van der Waals surface area contributed by atoms with Gasteiger partial charge in [0.25, 0.3) is 0 Å². The maximum atomic E-state index is 13.6. The third kappa shape index (κ3) is 5.34. The van der Waals surface area contributed by atoms with E-state index in [2.05, 4.69) is 20.1 Å². The van der Waals surface area contributed by atoms with E-state index >= 15 is 0 Å². The molecule has 200 valence electrons. The molecule has 0 unspecified atom stereocenters. The molecule has 0 N–H and O–H groups in total. The van der Waals surface area contributed by atoms with Crippen LogP contribution in [0.2, 0.25) is 0 Å². The SMILES string of the molecule is CC(C)(c1cccc(-c2ccc(C(F)(F)F)nc2C(F)(F)F)n1)c1cccc(-n2ccc(C(F)(F)F)n2)n1. The maximum absolute atomic E-state index is 13.6. The van der Waals surface area contributed by atoms with Gasteiger partial charge in [-0.15, -0.1) is 0 Å². The number of hydrogen-bond donors (Lipinski definition) is 0. The van der Waals surface area contributed by atoms with Gasteiger partial charge in [-0.25, -0.2) is 14.6 Å². The molecule has 0 amide bonds. The number of alkyl halides is 9. The number of nitrogens with zero attached hydrogens (tertiary/aromatic N) is 5. The van der Waals surface area contributed by atoms with Crippen LogP contribution < -0.4 is 0 Å². The van der Waals surface area contributed by atoms with Crippen LogP contribution in [0.5, 0.6) is 0 Å². The number of hydrogen-bond acceptors (Lipinski definition) is 4. The number of rotatable bonds is 4. The molecule has 4 aromatic heterocycles. The van der Waals surface area contributed by atoms with Gasteiger partial charge in [0.2, 0.25) is 0 Å². The molecule has 0 saturated carbocycles. The molecule has 0 fully saturated rings. The van der Waals surface area contributed by atoms with E-state index in [4.69, 9.17) is 0 Å². The van der Waals surface area contributed by atoms with Gasteiger partial charge in [-0.05, 0) is 56.3 Å². The largest absolute Gasteiger partial charge is 0.435 e. The van der Waals surface area contributed by atoms with Gasteiger partial charge in [-0.1, -0.05) is 12.1 Å². The topological polar surface area (TPSA) is 56.5 Å². The van der Waals surface area contributed by atoms with Crippen molar-refractivity contribution in [2.24, 2.45) is 0 Å². The third-order valence-corrected chi connectivity index (χ3v) is 5.61. The quantitative estimate of drug-likeness (QED) is 0.257. The predicted octanol–water partition coefficient (Wildman–Crippen LogP) is 7.11. The Morgan fingerprint density at radius 2 is 1.18 bits per heavy atom. The summed E-state index contributed by atoms with van der Waals surface area (Å²) in [5, 5.41) is 3.48. The van der Waals surface area contributed by atoms with Crippen LogP contribution in [0.1, 0.15) is 42.3 Å². The van der Waals surface area contributed by atoms with Gasteiger partial charge in [0, 0.05) is 17.2 Å². The molecular weight excluding hydrogens is 529 g/mol. The van der Waals surface area contributed by atoms with Gasteiger partial charge in [-0.2, -0.15) is 44.6 Å².